The van der Waals surface area contributed by atoms with Crippen molar-refractivity contribution in [1.29, 1.82) is 0 Å². The van der Waals surface area contributed by atoms with E-state index in [9.17, 15) is 19.5 Å². The number of aromatic nitrogens is 2. The van der Waals surface area contributed by atoms with Crippen LogP contribution in [0.25, 0.3) is 11.1 Å². The van der Waals surface area contributed by atoms with E-state index in [1.54, 1.807) is 36.3 Å². The standard InChI is InChI=1S/C54H62ClN5O6/c1-35(34-66-48-20-25-57-46-14-5-9-36(2)50(46)48)27-41-29-39-16-18-44(31-45(39)53(41)21-23-54(24-22-53,52(63)64)59-43-13-7-12-42(55)30-43)65-26-8-15-49(61)60(4)33-37-10-6-11-38(28-37)40-17-19-47(58-32-40)51(62)56-3/h6-7,10-13,16-20,25,28,30-32,35-36,41,59H,5,8-9,14-15,21-24,26-27,29,33-34H2,1-4H3,(H,56,62)(H,63,64)/t35-,36-,41?,53?,54?/m1/s1. The molecule has 0 saturated heterocycles. The number of carbonyl (C=O) groups excluding carboxylic acids is 2. The number of amides is 2. The zero-order valence-corrected chi connectivity index (χ0v) is 39.3. The number of benzene rings is 3. The number of halogens is 1. The third-order valence-electron chi connectivity index (χ3n) is 14.4. The molecule has 2 amide bonds. The van der Waals surface area contributed by atoms with Crippen LogP contribution in [0.2, 0.25) is 5.02 Å². The molecule has 346 valence electrons. The maximum Gasteiger partial charge on any atom is 0.329 e. The molecule has 0 radical (unpaired) electrons. The minimum Gasteiger partial charge on any atom is -0.494 e. The molecule has 66 heavy (non-hydrogen) atoms. The average molecular weight is 913 g/mol. The Kier molecular flexibility index (Phi) is 14.3. The van der Waals surface area contributed by atoms with Gasteiger partial charge in [-0.25, -0.2) is 4.79 Å². The van der Waals surface area contributed by atoms with E-state index in [0.29, 0.717) is 86.5 Å². The molecule has 2 aromatic heterocycles. The van der Waals surface area contributed by atoms with Gasteiger partial charge in [-0.1, -0.05) is 61.8 Å². The minimum absolute atomic E-state index is 0.0308. The first-order valence-corrected chi connectivity index (χ1v) is 23.9. The molecule has 3 aliphatic carbocycles. The lowest BCUT2D eigenvalue weighted by atomic mass is 9.59. The van der Waals surface area contributed by atoms with Gasteiger partial charge in [-0.3, -0.25) is 19.6 Å². The molecular weight excluding hydrogens is 850 g/mol. The smallest absolute Gasteiger partial charge is 0.329 e. The minimum atomic E-state index is -1.12. The summed E-state index contributed by atoms with van der Waals surface area (Å²) in [5.74, 6) is 1.66. The van der Waals surface area contributed by atoms with E-state index in [1.807, 2.05) is 67.8 Å². The van der Waals surface area contributed by atoms with Crippen LogP contribution >= 0.6 is 11.6 Å². The molecule has 3 aliphatic rings. The SMILES string of the molecule is CNC(=O)c1ccc(-c2cccc(CN(C)C(=O)CCCOc3ccc4c(c3)C3(CCC(Nc5cccc(Cl)c5)(C(=O)O)CC3)C(C[C@@H](C)COc3ccnc5c3[C@H](C)CCC5)C4)c2)cn1. The van der Waals surface area contributed by atoms with Crippen molar-refractivity contribution in [2.75, 3.05) is 32.6 Å². The van der Waals surface area contributed by atoms with Crippen LogP contribution in [0.1, 0.15) is 116 Å². The number of carboxylic acids is 1. The number of fused-ring (bicyclic) bond motifs is 3. The van der Waals surface area contributed by atoms with Crippen LogP contribution < -0.4 is 20.1 Å². The van der Waals surface area contributed by atoms with Gasteiger partial charge < -0.3 is 30.1 Å². The van der Waals surface area contributed by atoms with Crippen molar-refractivity contribution >= 4 is 35.1 Å². The first-order valence-electron chi connectivity index (χ1n) is 23.5. The summed E-state index contributed by atoms with van der Waals surface area (Å²) in [7, 11) is 3.40. The first kappa shape index (κ1) is 46.6. The average Bonchev–Trinajstić information content (AvgIpc) is 3.60. The molecular formula is C54H62ClN5O6. The Bertz CT molecular complexity index is 2540. The largest absolute Gasteiger partial charge is 0.494 e. The third kappa shape index (κ3) is 10.2. The second-order valence-corrected chi connectivity index (χ2v) is 19.4. The van der Waals surface area contributed by atoms with Gasteiger partial charge in [0.25, 0.3) is 5.91 Å². The number of carboxylic acid groups (broad SMARTS) is 1. The Labute approximate surface area is 393 Å². The maximum atomic E-state index is 13.3. The molecule has 8 rings (SSSR count). The number of ether oxygens (including phenoxy) is 2. The summed E-state index contributed by atoms with van der Waals surface area (Å²) >= 11 is 6.33. The normalized spacial score (nSPS) is 21.3. The van der Waals surface area contributed by atoms with E-state index >= 15 is 0 Å². The zero-order valence-electron chi connectivity index (χ0n) is 38.6. The lowest BCUT2D eigenvalue weighted by molar-refractivity contribution is -0.144. The van der Waals surface area contributed by atoms with Crippen LogP contribution in [0, 0.1) is 11.8 Å². The summed E-state index contributed by atoms with van der Waals surface area (Å²) in [6.45, 7) is 5.99. The molecule has 11 nitrogen and oxygen atoms in total. The number of carbonyl (C=O) groups is 3. The number of pyridine rings is 2. The van der Waals surface area contributed by atoms with Crippen molar-refractivity contribution in [2.24, 2.45) is 11.8 Å². The topological polar surface area (TPSA) is 143 Å². The number of aliphatic carboxylic acids is 1. The molecule has 1 fully saturated rings. The summed E-state index contributed by atoms with van der Waals surface area (Å²) < 4.78 is 13.0. The van der Waals surface area contributed by atoms with Gasteiger partial charge in [0, 0.05) is 67.0 Å². The molecule has 12 heteroatoms. The molecule has 0 bridgehead atoms. The number of hydrogen-bond acceptors (Lipinski definition) is 8. The number of nitrogens with zero attached hydrogens (tertiary/aromatic N) is 3. The fraction of sp³-hybridized carbons (Fsp3) is 0.426. The number of hydrogen-bond donors (Lipinski definition) is 3. The van der Waals surface area contributed by atoms with Gasteiger partial charge in [-0.05, 0) is 158 Å². The summed E-state index contributed by atoms with van der Waals surface area (Å²) in [5.41, 5.74) is 7.53. The van der Waals surface area contributed by atoms with Gasteiger partial charge >= 0.3 is 5.97 Å². The van der Waals surface area contributed by atoms with Gasteiger partial charge in [0.2, 0.25) is 5.91 Å². The van der Waals surface area contributed by atoms with Crippen molar-refractivity contribution in [1.82, 2.24) is 20.2 Å². The highest BCUT2D eigenvalue weighted by molar-refractivity contribution is 6.30. The Morgan fingerprint density at radius 1 is 0.955 bits per heavy atom. The van der Waals surface area contributed by atoms with Gasteiger partial charge in [0.1, 0.15) is 22.7 Å². The summed E-state index contributed by atoms with van der Waals surface area (Å²) in [5, 5.41) is 17.3. The fourth-order valence-electron chi connectivity index (χ4n) is 10.8. The number of nitrogens with one attached hydrogen (secondary N) is 2. The third-order valence-corrected chi connectivity index (χ3v) is 14.6. The summed E-state index contributed by atoms with van der Waals surface area (Å²) in [6.07, 6.45) is 12.0. The Hall–Kier alpha value is -5.94. The molecule has 3 aromatic carbocycles. The monoisotopic (exact) mass is 911 g/mol. The van der Waals surface area contributed by atoms with Gasteiger partial charge in [-0.2, -0.15) is 0 Å². The van der Waals surface area contributed by atoms with Crippen LogP contribution in [-0.2, 0) is 34.4 Å². The molecule has 1 spiro atoms. The molecule has 3 atom stereocenters. The second-order valence-electron chi connectivity index (χ2n) is 18.9. The maximum absolute atomic E-state index is 13.3. The van der Waals surface area contributed by atoms with E-state index in [1.165, 1.54) is 16.7 Å². The predicted octanol–water partition coefficient (Wildman–Crippen LogP) is 10.4. The van der Waals surface area contributed by atoms with E-state index in [-0.39, 0.29) is 23.1 Å². The zero-order chi connectivity index (χ0) is 46.4. The van der Waals surface area contributed by atoms with Crippen LogP contribution in [0.4, 0.5) is 5.69 Å². The van der Waals surface area contributed by atoms with Crippen LogP contribution in [0.5, 0.6) is 11.5 Å². The molecule has 3 N–H and O–H groups in total. The molecule has 1 unspecified atom stereocenters. The fourth-order valence-corrected chi connectivity index (χ4v) is 11.0. The van der Waals surface area contributed by atoms with Crippen molar-refractivity contribution in [2.45, 2.75) is 108 Å². The lowest BCUT2D eigenvalue weighted by Crippen LogP contribution is -2.53. The Morgan fingerprint density at radius 3 is 2.53 bits per heavy atom. The number of aryl methyl sites for hydroxylation is 1. The highest BCUT2D eigenvalue weighted by atomic mass is 35.5. The van der Waals surface area contributed by atoms with E-state index in [4.69, 9.17) is 21.1 Å². The highest BCUT2D eigenvalue weighted by Crippen LogP contribution is 2.57. The van der Waals surface area contributed by atoms with Crippen LogP contribution in [0.3, 0.4) is 0 Å². The lowest BCUT2D eigenvalue weighted by Gasteiger charge is -2.47. The first-order chi connectivity index (χ1) is 31.9. The van der Waals surface area contributed by atoms with Gasteiger partial charge in [0.15, 0.2) is 0 Å². The number of rotatable bonds is 17. The second kappa shape index (κ2) is 20.3. The molecule has 0 aliphatic heterocycles. The highest BCUT2D eigenvalue weighted by Gasteiger charge is 2.54. The quantitative estimate of drug-likeness (QED) is 0.0777. The Morgan fingerprint density at radius 2 is 1.77 bits per heavy atom. The van der Waals surface area contributed by atoms with Crippen LogP contribution in [0.15, 0.2) is 97.3 Å². The predicted molar refractivity (Wildman–Crippen MR) is 258 cm³/mol. The van der Waals surface area contributed by atoms with Crippen molar-refractivity contribution in [3.63, 3.8) is 0 Å². The van der Waals surface area contributed by atoms with Gasteiger partial charge in [-0.15, -0.1) is 0 Å². The van der Waals surface area contributed by atoms with E-state index in [2.05, 4.69) is 46.6 Å². The van der Waals surface area contributed by atoms with E-state index in [0.717, 1.165) is 66.0 Å². The summed E-state index contributed by atoms with van der Waals surface area (Å²) in [6, 6.07) is 27.3. The summed E-state index contributed by atoms with van der Waals surface area (Å²) in [4.78, 5) is 49.1. The van der Waals surface area contributed by atoms with Crippen molar-refractivity contribution < 1.29 is 29.0 Å². The van der Waals surface area contributed by atoms with Crippen LogP contribution in [-0.4, -0.2) is 70.6 Å². The van der Waals surface area contributed by atoms with Crippen molar-refractivity contribution in [3.05, 3.63) is 136 Å². The molecule has 2 heterocycles. The van der Waals surface area contributed by atoms with Crippen molar-refractivity contribution in [3.8, 4) is 22.6 Å². The Balaban J connectivity index is 0.922. The molecule has 1 saturated carbocycles. The molecule has 5 aromatic rings. The van der Waals surface area contributed by atoms with E-state index < -0.39 is 11.5 Å². The van der Waals surface area contributed by atoms with Gasteiger partial charge in [0.05, 0.1) is 13.2 Å². The number of anilines is 1.